The Kier molecular flexibility index (Phi) is 6.18. The lowest BCUT2D eigenvalue weighted by Gasteiger charge is -2.26. The molecule has 2 aromatic rings. The van der Waals surface area contributed by atoms with Crippen molar-refractivity contribution < 1.29 is 22.0 Å². The quantitative estimate of drug-likeness (QED) is 0.819. The minimum absolute atomic E-state index is 0.164. The number of benzene rings is 2. The normalized spacial score (nSPS) is 15.1. The Morgan fingerprint density at radius 3 is 2.41 bits per heavy atom. The summed E-state index contributed by atoms with van der Waals surface area (Å²) < 4.78 is 53.5. The Labute approximate surface area is 169 Å². The fourth-order valence-electron chi connectivity index (χ4n) is 3.28. The highest BCUT2D eigenvalue weighted by Crippen LogP contribution is 2.34. The van der Waals surface area contributed by atoms with Gasteiger partial charge in [-0.1, -0.05) is 0 Å². The summed E-state index contributed by atoms with van der Waals surface area (Å²) >= 11 is 0. The van der Waals surface area contributed by atoms with Crippen LogP contribution in [0.1, 0.15) is 13.3 Å². The molecule has 6 nitrogen and oxygen atoms in total. The van der Waals surface area contributed by atoms with Gasteiger partial charge in [-0.05, 0) is 43.3 Å². The molecule has 1 fully saturated rings. The van der Waals surface area contributed by atoms with Gasteiger partial charge >= 0.3 is 0 Å². The van der Waals surface area contributed by atoms with Crippen LogP contribution in [0.2, 0.25) is 0 Å². The van der Waals surface area contributed by atoms with E-state index in [2.05, 4.69) is 10.2 Å². The molecule has 0 aliphatic carbocycles. The topological polar surface area (TPSA) is 69.7 Å². The Morgan fingerprint density at radius 1 is 1.07 bits per heavy atom. The van der Waals surface area contributed by atoms with Crippen LogP contribution < -0.4 is 15.1 Å². The number of nitrogens with zero attached hydrogens (tertiary/aromatic N) is 2. The molecule has 1 N–H and O–H groups in total. The van der Waals surface area contributed by atoms with Gasteiger partial charge in [0.05, 0.1) is 15.5 Å². The summed E-state index contributed by atoms with van der Waals surface area (Å²) in [6, 6.07) is 6.83. The summed E-state index contributed by atoms with van der Waals surface area (Å²) in [6.45, 7) is 4.54. The third-order valence-electron chi connectivity index (χ3n) is 4.92. The number of hydrogen-bond donors (Lipinski definition) is 1. The van der Waals surface area contributed by atoms with Crippen molar-refractivity contribution in [2.75, 3.05) is 43.0 Å². The summed E-state index contributed by atoms with van der Waals surface area (Å²) in [5.74, 6) is -2.33. The van der Waals surface area contributed by atoms with E-state index in [-0.39, 0.29) is 16.5 Å². The molecule has 9 heteroatoms. The minimum Gasteiger partial charge on any atom is -0.370 e. The van der Waals surface area contributed by atoms with Gasteiger partial charge in [-0.2, -0.15) is 0 Å². The average Bonchev–Trinajstić information content (AvgIpc) is 2.95. The minimum atomic E-state index is -4.25. The van der Waals surface area contributed by atoms with Crippen LogP contribution in [-0.4, -0.2) is 47.6 Å². The maximum atomic E-state index is 13.6. The Hall–Kier alpha value is -2.52. The predicted molar refractivity (Wildman–Crippen MR) is 107 cm³/mol. The molecule has 2 aromatic carbocycles. The van der Waals surface area contributed by atoms with Gasteiger partial charge in [0, 0.05) is 45.4 Å². The summed E-state index contributed by atoms with van der Waals surface area (Å²) in [7, 11) is -2.78. The van der Waals surface area contributed by atoms with Crippen molar-refractivity contribution >= 4 is 27.1 Å². The van der Waals surface area contributed by atoms with Crippen molar-refractivity contribution in [3.63, 3.8) is 0 Å². The van der Waals surface area contributed by atoms with Gasteiger partial charge < -0.3 is 15.1 Å². The highest BCUT2D eigenvalue weighted by atomic mass is 32.2. The number of sulfone groups is 1. The van der Waals surface area contributed by atoms with E-state index in [1.54, 1.807) is 12.1 Å². The molecule has 1 heterocycles. The molecule has 0 aromatic heterocycles. The maximum absolute atomic E-state index is 13.6. The zero-order valence-corrected chi connectivity index (χ0v) is 17.1. The van der Waals surface area contributed by atoms with Gasteiger partial charge in [-0.25, -0.2) is 17.2 Å². The van der Waals surface area contributed by atoms with Gasteiger partial charge in [0.1, 0.15) is 11.6 Å². The largest absolute Gasteiger partial charge is 0.370 e. The molecule has 0 spiro atoms. The molecular formula is C20H23F2N3O3S. The van der Waals surface area contributed by atoms with Crippen LogP contribution >= 0.6 is 0 Å². The highest BCUT2D eigenvalue weighted by Gasteiger charge is 2.26. The fraction of sp³-hybridized carbons (Fsp3) is 0.350. The molecule has 29 heavy (non-hydrogen) atoms. The molecule has 1 aliphatic rings. The van der Waals surface area contributed by atoms with Crippen LogP contribution in [0.5, 0.6) is 0 Å². The summed E-state index contributed by atoms with van der Waals surface area (Å²) in [5.41, 5.74) is 0.943. The first-order valence-electron chi connectivity index (χ1n) is 9.25. The molecular weight excluding hydrogens is 400 g/mol. The van der Waals surface area contributed by atoms with Gasteiger partial charge in [0.2, 0.25) is 15.7 Å². The first-order valence-corrected chi connectivity index (χ1v) is 10.7. The van der Waals surface area contributed by atoms with E-state index in [0.717, 1.165) is 50.4 Å². The monoisotopic (exact) mass is 423 g/mol. The number of halogens is 2. The van der Waals surface area contributed by atoms with E-state index < -0.39 is 26.4 Å². The Bertz CT molecular complexity index is 999. The van der Waals surface area contributed by atoms with Gasteiger partial charge in [0.15, 0.2) is 0 Å². The third-order valence-corrected chi connectivity index (χ3v) is 6.70. The number of amides is 1. The number of carbonyl (C=O) groups is 1. The second kappa shape index (κ2) is 8.46. The molecule has 0 atom stereocenters. The predicted octanol–water partition coefficient (Wildman–Crippen LogP) is 2.58. The zero-order valence-electron chi connectivity index (χ0n) is 16.3. The highest BCUT2D eigenvalue weighted by molar-refractivity contribution is 7.91. The lowest BCUT2D eigenvalue weighted by atomic mass is 10.2. The number of anilines is 2. The van der Waals surface area contributed by atoms with E-state index >= 15 is 0 Å². The molecule has 3 rings (SSSR count). The Morgan fingerprint density at radius 2 is 1.76 bits per heavy atom. The van der Waals surface area contributed by atoms with E-state index in [1.807, 2.05) is 0 Å². The van der Waals surface area contributed by atoms with E-state index in [0.29, 0.717) is 6.07 Å². The third kappa shape index (κ3) is 4.56. The van der Waals surface area contributed by atoms with Crippen LogP contribution in [0.3, 0.4) is 0 Å². The molecule has 1 aliphatic heterocycles. The molecule has 0 radical (unpaired) electrons. The van der Waals surface area contributed by atoms with Crippen molar-refractivity contribution in [3.8, 4) is 0 Å². The fourth-order valence-corrected chi connectivity index (χ4v) is 4.78. The van der Waals surface area contributed by atoms with E-state index in [9.17, 15) is 22.0 Å². The lowest BCUT2D eigenvalue weighted by molar-refractivity contribution is -0.116. The van der Waals surface area contributed by atoms with Gasteiger partial charge in [-0.3, -0.25) is 4.79 Å². The van der Waals surface area contributed by atoms with Crippen molar-refractivity contribution in [2.45, 2.75) is 23.1 Å². The summed E-state index contributed by atoms with van der Waals surface area (Å²) in [4.78, 5) is 14.6. The van der Waals surface area contributed by atoms with Crippen LogP contribution in [0.25, 0.3) is 0 Å². The molecule has 0 saturated carbocycles. The molecule has 156 valence electrons. The molecule has 1 amide bonds. The van der Waals surface area contributed by atoms with Gasteiger partial charge in [0.25, 0.3) is 0 Å². The zero-order chi connectivity index (χ0) is 21.2. The number of nitrogens with one attached hydrogen (secondary N) is 1. The summed E-state index contributed by atoms with van der Waals surface area (Å²) in [5, 5.41) is 3.30. The number of hydrogen-bond acceptors (Lipinski definition) is 5. The van der Waals surface area contributed by atoms with Crippen molar-refractivity contribution in [1.29, 1.82) is 0 Å². The maximum Gasteiger partial charge on any atom is 0.223 e. The second-order valence-electron chi connectivity index (χ2n) is 6.93. The standard InChI is InChI=1S/C20H23F2N3O3S/c1-14(26)24(2)19-13-17(25-8-3-6-23-7-9-25)4-5-20(19)29(27,28)18-11-15(21)10-16(22)12-18/h4-5,10-13,23H,3,6-9H2,1-2H3. The lowest BCUT2D eigenvalue weighted by Crippen LogP contribution is -2.29. The van der Waals surface area contributed by atoms with Crippen LogP contribution in [0.4, 0.5) is 20.2 Å². The smallest absolute Gasteiger partial charge is 0.223 e. The van der Waals surface area contributed by atoms with Crippen molar-refractivity contribution in [3.05, 3.63) is 48.0 Å². The molecule has 0 unspecified atom stereocenters. The van der Waals surface area contributed by atoms with Crippen LogP contribution in [0.15, 0.2) is 46.2 Å². The molecule has 0 bridgehead atoms. The van der Waals surface area contributed by atoms with Crippen molar-refractivity contribution in [1.82, 2.24) is 5.32 Å². The second-order valence-corrected chi connectivity index (χ2v) is 8.85. The van der Waals surface area contributed by atoms with Crippen LogP contribution in [-0.2, 0) is 14.6 Å². The SMILES string of the molecule is CC(=O)N(C)c1cc(N2CCCNCC2)ccc1S(=O)(=O)c1cc(F)cc(F)c1. The van der Waals surface area contributed by atoms with E-state index in [1.165, 1.54) is 24.9 Å². The number of rotatable bonds is 4. The first kappa shape index (κ1) is 21.2. The number of carbonyl (C=O) groups excluding carboxylic acids is 1. The first-order chi connectivity index (χ1) is 13.7. The van der Waals surface area contributed by atoms with E-state index in [4.69, 9.17) is 0 Å². The molecule has 1 saturated heterocycles. The van der Waals surface area contributed by atoms with Crippen molar-refractivity contribution in [2.24, 2.45) is 0 Å². The Balaban J connectivity index is 2.13. The van der Waals surface area contributed by atoms with Crippen LogP contribution in [0, 0.1) is 11.6 Å². The average molecular weight is 423 g/mol. The van der Waals surface area contributed by atoms with Gasteiger partial charge in [-0.15, -0.1) is 0 Å². The summed E-state index contributed by atoms with van der Waals surface area (Å²) in [6.07, 6.45) is 0.931.